The van der Waals surface area contributed by atoms with Gasteiger partial charge in [-0.25, -0.2) is 0 Å². The molecule has 0 aliphatic carbocycles. The Morgan fingerprint density at radius 3 is 2.44 bits per heavy atom. The summed E-state index contributed by atoms with van der Waals surface area (Å²) in [4.78, 5) is 4.52. The first-order valence-electron chi connectivity index (χ1n) is 6.49. The van der Waals surface area contributed by atoms with Crippen LogP contribution in [0.15, 0.2) is 48.7 Å². The molecular formula is C16H20N2. The Morgan fingerprint density at radius 1 is 1.11 bits per heavy atom. The van der Waals surface area contributed by atoms with E-state index < -0.39 is 0 Å². The molecule has 0 fully saturated rings. The van der Waals surface area contributed by atoms with E-state index in [4.69, 9.17) is 0 Å². The highest BCUT2D eigenvalue weighted by Gasteiger charge is 2.10. The fourth-order valence-electron chi connectivity index (χ4n) is 2.07. The second-order valence-electron chi connectivity index (χ2n) is 4.47. The smallest absolute Gasteiger partial charge is 0.0422 e. The molecule has 0 radical (unpaired) electrons. The van der Waals surface area contributed by atoms with Gasteiger partial charge in [0.25, 0.3) is 0 Å². The van der Waals surface area contributed by atoms with Crippen molar-refractivity contribution < 1.29 is 0 Å². The minimum Gasteiger partial charge on any atom is -0.313 e. The van der Waals surface area contributed by atoms with E-state index in [1.807, 2.05) is 19.3 Å². The third-order valence-corrected chi connectivity index (χ3v) is 3.26. The molecule has 2 aromatic rings. The monoisotopic (exact) mass is 240 g/mol. The summed E-state index contributed by atoms with van der Waals surface area (Å²) >= 11 is 0. The van der Waals surface area contributed by atoms with Gasteiger partial charge in [-0.15, -0.1) is 0 Å². The lowest BCUT2D eigenvalue weighted by atomic mass is 10.0. The molecule has 1 N–H and O–H groups in total. The van der Waals surface area contributed by atoms with E-state index in [2.05, 4.69) is 53.6 Å². The van der Waals surface area contributed by atoms with Gasteiger partial charge in [-0.2, -0.15) is 0 Å². The molecule has 94 valence electrons. The Hall–Kier alpha value is -1.67. The Bertz CT molecular complexity index is 462. The molecule has 0 bridgehead atoms. The van der Waals surface area contributed by atoms with Gasteiger partial charge in [0.2, 0.25) is 0 Å². The molecule has 1 aromatic heterocycles. The third kappa shape index (κ3) is 3.17. The lowest BCUT2D eigenvalue weighted by Crippen LogP contribution is -2.19. The van der Waals surface area contributed by atoms with E-state index in [-0.39, 0.29) is 0 Å². The zero-order valence-corrected chi connectivity index (χ0v) is 11.1. The second-order valence-corrected chi connectivity index (χ2v) is 4.47. The molecule has 1 unspecified atom stereocenters. The van der Waals surface area contributed by atoms with Crippen molar-refractivity contribution in [2.75, 3.05) is 7.05 Å². The van der Waals surface area contributed by atoms with Crippen molar-refractivity contribution in [1.29, 1.82) is 0 Å². The highest BCUT2D eigenvalue weighted by atomic mass is 14.9. The number of rotatable bonds is 5. The van der Waals surface area contributed by atoms with Crippen molar-refractivity contribution in [3.05, 3.63) is 65.5 Å². The lowest BCUT2D eigenvalue weighted by Gasteiger charge is -2.16. The highest BCUT2D eigenvalue weighted by molar-refractivity contribution is 5.22. The largest absolute Gasteiger partial charge is 0.313 e. The average Bonchev–Trinajstić information content (AvgIpc) is 2.46. The number of likely N-dealkylation sites (N-methyl/N-ethyl adjacent to an activating group) is 1. The van der Waals surface area contributed by atoms with Crippen LogP contribution in [0.25, 0.3) is 0 Å². The van der Waals surface area contributed by atoms with Gasteiger partial charge < -0.3 is 5.32 Å². The first kappa shape index (κ1) is 12.8. The maximum Gasteiger partial charge on any atom is 0.0422 e. The van der Waals surface area contributed by atoms with E-state index >= 15 is 0 Å². The molecule has 2 heteroatoms. The molecule has 0 aliphatic rings. The maximum absolute atomic E-state index is 4.52. The molecule has 0 saturated heterocycles. The summed E-state index contributed by atoms with van der Waals surface area (Å²) in [6.45, 7) is 2.15. The number of hydrogen-bond acceptors (Lipinski definition) is 2. The van der Waals surface area contributed by atoms with Gasteiger partial charge in [-0.1, -0.05) is 43.3 Å². The van der Waals surface area contributed by atoms with Gasteiger partial charge in [0.15, 0.2) is 0 Å². The van der Waals surface area contributed by atoms with E-state index in [1.54, 1.807) is 0 Å². The minimum atomic E-state index is 0.325. The van der Waals surface area contributed by atoms with Gasteiger partial charge in [0, 0.05) is 24.4 Å². The molecule has 1 atom stereocenters. The van der Waals surface area contributed by atoms with Crippen molar-refractivity contribution in [3.63, 3.8) is 0 Å². The molecule has 2 nitrogen and oxygen atoms in total. The van der Waals surface area contributed by atoms with E-state index in [1.165, 1.54) is 11.1 Å². The van der Waals surface area contributed by atoms with Crippen LogP contribution >= 0.6 is 0 Å². The van der Waals surface area contributed by atoms with E-state index in [0.717, 1.165) is 18.5 Å². The van der Waals surface area contributed by atoms with Crippen molar-refractivity contribution in [3.8, 4) is 0 Å². The van der Waals surface area contributed by atoms with Gasteiger partial charge in [-0.05, 0) is 30.7 Å². The summed E-state index contributed by atoms with van der Waals surface area (Å²) in [6.07, 6.45) is 3.94. The number of pyridine rings is 1. The fourth-order valence-corrected chi connectivity index (χ4v) is 2.07. The fraction of sp³-hybridized carbons (Fsp3) is 0.312. The van der Waals surface area contributed by atoms with E-state index in [0.29, 0.717) is 6.04 Å². The molecule has 0 amide bonds. The van der Waals surface area contributed by atoms with Crippen LogP contribution in [0.1, 0.15) is 29.8 Å². The number of hydrogen-bond donors (Lipinski definition) is 1. The third-order valence-electron chi connectivity index (χ3n) is 3.26. The van der Waals surface area contributed by atoms with Crippen LogP contribution in [0.4, 0.5) is 0 Å². The standard InChI is InChI=1S/C16H20N2/c1-3-13-9-10-15(18-12-13)11-16(17-2)14-7-5-4-6-8-14/h4-10,12,16-17H,3,11H2,1-2H3. The zero-order valence-electron chi connectivity index (χ0n) is 11.1. The van der Waals surface area contributed by atoms with Gasteiger partial charge in [0.05, 0.1) is 0 Å². The van der Waals surface area contributed by atoms with Crippen LogP contribution in [-0.4, -0.2) is 12.0 Å². The Balaban J connectivity index is 2.10. The van der Waals surface area contributed by atoms with Crippen molar-refractivity contribution in [2.24, 2.45) is 0 Å². The predicted octanol–water partition coefficient (Wildman–Crippen LogP) is 3.15. The molecule has 18 heavy (non-hydrogen) atoms. The van der Waals surface area contributed by atoms with Crippen LogP contribution in [0.5, 0.6) is 0 Å². The Kier molecular flexibility index (Phi) is 4.48. The van der Waals surface area contributed by atoms with Gasteiger partial charge in [0.1, 0.15) is 0 Å². The molecular weight excluding hydrogens is 220 g/mol. The second kappa shape index (κ2) is 6.31. The Morgan fingerprint density at radius 2 is 1.89 bits per heavy atom. The Labute approximate surface area is 109 Å². The topological polar surface area (TPSA) is 24.9 Å². The van der Waals surface area contributed by atoms with Crippen molar-refractivity contribution >= 4 is 0 Å². The van der Waals surface area contributed by atoms with Crippen LogP contribution in [0.2, 0.25) is 0 Å². The minimum absolute atomic E-state index is 0.325. The quantitative estimate of drug-likeness (QED) is 0.868. The summed E-state index contributed by atoms with van der Waals surface area (Å²) in [5, 5.41) is 3.36. The van der Waals surface area contributed by atoms with Crippen molar-refractivity contribution in [2.45, 2.75) is 25.8 Å². The SMILES string of the molecule is CCc1ccc(CC(NC)c2ccccc2)nc1. The number of aromatic nitrogens is 1. The van der Waals surface area contributed by atoms with E-state index in [9.17, 15) is 0 Å². The summed E-state index contributed by atoms with van der Waals surface area (Å²) in [5.41, 5.74) is 3.73. The first-order chi connectivity index (χ1) is 8.83. The van der Waals surface area contributed by atoms with Crippen LogP contribution in [-0.2, 0) is 12.8 Å². The van der Waals surface area contributed by atoms with Gasteiger partial charge >= 0.3 is 0 Å². The molecule has 1 aromatic carbocycles. The maximum atomic E-state index is 4.52. The van der Waals surface area contributed by atoms with Crippen LogP contribution < -0.4 is 5.32 Å². The number of aryl methyl sites for hydroxylation is 1. The first-order valence-corrected chi connectivity index (χ1v) is 6.49. The lowest BCUT2D eigenvalue weighted by molar-refractivity contribution is 0.584. The van der Waals surface area contributed by atoms with Crippen LogP contribution in [0, 0.1) is 0 Å². The summed E-state index contributed by atoms with van der Waals surface area (Å²) in [6, 6.07) is 15.1. The molecule has 0 saturated carbocycles. The predicted molar refractivity (Wildman–Crippen MR) is 75.6 cm³/mol. The molecule has 2 rings (SSSR count). The zero-order chi connectivity index (χ0) is 12.8. The average molecular weight is 240 g/mol. The van der Waals surface area contributed by atoms with Gasteiger partial charge in [-0.3, -0.25) is 4.98 Å². The normalized spacial score (nSPS) is 12.3. The molecule has 0 aliphatic heterocycles. The highest BCUT2D eigenvalue weighted by Crippen LogP contribution is 2.16. The summed E-state index contributed by atoms with van der Waals surface area (Å²) in [5.74, 6) is 0. The van der Waals surface area contributed by atoms with Crippen LogP contribution in [0.3, 0.4) is 0 Å². The van der Waals surface area contributed by atoms with Crippen molar-refractivity contribution in [1.82, 2.24) is 10.3 Å². The summed E-state index contributed by atoms with van der Waals surface area (Å²) < 4.78 is 0. The number of benzene rings is 1. The molecule has 1 heterocycles. The number of nitrogens with zero attached hydrogens (tertiary/aromatic N) is 1. The summed E-state index contributed by atoms with van der Waals surface area (Å²) in [7, 11) is 2.00. The number of nitrogens with one attached hydrogen (secondary N) is 1. The molecule has 0 spiro atoms.